The standard InChI is InChI=1S/C33H34N12O6/c1-16-10-22(42(3)40-16)30(49)38-32-36-20-12-18(28(34)47)14-24(46)26(20)44(32)8-6-7-9-45-27-21(13-19(29(35)48)15-25(27)51-5)37-33(45)39-31(50)23-11-17(2)41-43(23)4/h6-7,10-15,46H,8-9H2,1-5H3,(H2,34,47)(H2,35,48)(H,36,38,49)(H,37,39,50)/b7-6+. The number of nitrogens with two attached hydrogens (primary N) is 2. The summed E-state index contributed by atoms with van der Waals surface area (Å²) in [5.74, 6) is -2.14. The van der Waals surface area contributed by atoms with Gasteiger partial charge in [0.15, 0.2) is 0 Å². The number of phenolic OH excluding ortho intramolecular Hbond substituents is 1. The number of aromatic hydroxyl groups is 1. The molecule has 0 aliphatic carbocycles. The molecule has 7 N–H and O–H groups in total. The third-order valence-corrected chi connectivity index (χ3v) is 8.08. The van der Waals surface area contributed by atoms with Crippen LogP contribution in [0.5, 0.6) is 11.5 Å². The van der Waals surface area contributed by atoms with Gasteiger partial charge in [0, 0.05) is 38.3 Å². The van der Waals surface area contributed by atoms with Crippen molar-refractivity contribution in [2.45, 2.75) is 26.9 Å². The molecule has 0 unspecified atom stereocenters. The fraction of sp³-hybridized carbons (Fsp3) is 0.212. The van der Waals surface area contributed by atoms with E-state index < -0.39 is 23.6 Å². The van der Waals surface area contributed by atoms with Crippen LogP contribution in [-0.2, 0) is 27.2 Å². The zero-order valence-corrected chi connectivity index (χ0v) is 28.3. The van der Waals surface area contributed by atoms with Crippen LogP contribution in [0.25, 0.3) is 22.1 Å². The summed E-state index contributed by atoms with van der Waals surface area (Å²) in [6, 6.07) is 8.89. The Balaban J connectivity index is 1.38. The Morgan fingerprint density at radius 1 is 0.745 bits per heavy atom. The number of phenols is 1. The van der Waals surface area contributed by atoms with Crippen LogP contribution in [0.1, 0.15) is 53.1 Å². The number of ether oxygens (including phenoxy) is 1. The van der Waals surface area contributed by atoms with Crippen molar-refractivity contribution in [1.29, 1.82) is 0 Å². The van der Waals surface area contributed by atoms with Gasteiger partial charge in [-0.1, -0.05) is 12.2 Å². The molecule has 0 saturated carbocycles. The van der Waals surface area contributed by atoms with Gasteiger partial charge in [0.2, 0.25) is 23.7 Å². The molecule has 0 atom stereocenters. The summed E-state index contributed by atoms with van der Waals surface area (Å²) >= 11 is 0. The van der Waals surface area contributed by atoms with E-state index in [1.165, 1.54) is 40.7 Å². The number of fused-ring (bicyclic) bond motifs is 2. The fourth-order valence-electron chi connectivity index (χ4n) is 5.80. The van der Waals surface area contributed by atoms with Crippen LogP contribution in [-0.4, -0.2) is 74.5 Å². The molecule has 0 fully saturated rings. The van der Waals surface area contributed by atoms with Gasteiger partial charge < -0.3 is 30.4 Å². The number of methoxy groups -OCH3 is 1. The second-order valence-corrected chi connectivity index (χ2v) is 11.7. The Labute approximate surface area is 289 Å². The number of benzene rings is 2. The summed E-state index contributed by atoms with van der Waals surface area (Å²) in [7, 11) is 4.72. The van der Waals surface area contributed by atoms with E-state index in [0.717, 1.165) is 0 Å². The normalized spacial score (nSPS) is 11.5. The number of rotatable bonds is 11. The van der Waals surface area contributed by atoms with Gasteiger partial charge in [0.25, 0.3) is 11.8 Å². The number of anilines is 2. The lowest BCUT2D eigenvalue weighted by atomic mass is 10.1. The maximum Gasteiger partial charge on any atom is 0.276 e. The van der Waals surface area contributed by atoms with Gasteiger partial charge in [0.1, 0.15) is 33.9 Å². The number of amides is 4. The molecule has 4 aromatic heterocycles. The number of carbonyl (C=O) groups is 4. The Bertz CT molecular complexity index is 2430. The molecule has 0 aliphatic heterocycles. The lowest BCUT2D eigenvalue weighted by Gasteiger charge is -2.11. The molecule has 18 nitrogen and oxygen atoms in total. The predicted octanol–water partition coefficient (Wildman–Crippen LogP) is 2.14. The summed E-state index contributed by atoms with van der Waals surface area (Å²) in [5.41, 5.74) is 14.4. The first-order valence-corrected chi connectivity index (χ1v) is 15.5. The third kappa shape index (κ3) is 6.44. The van der Waals surface area contributed by atoms with Crippen molar-refractivity contribution in [3.63, 3.8) is 0 Å². The molecule has 6 rings (SSSR count). The zero-order valence-electron chi connectivity index (χ0n) is 28.3. The number of primary amides is 2. The average Bonchev–Trinajstić information content (AvgIpc) is 3.80. The number of allylic oxidation sites excluding steroid dienone is 2. The summed E-state index contributed by atoms with van der Waals surface area (Å²) in [6.07, 6.45) is 3.52. The van der Waals surface area contributed by atoms with Gasteiger partial charge in [-0.05, 0) is 50.2 Å². The Hall–Kier alpha value is -6.98. The Kier molecular flexibility index (Phi) is 8.74. The van der Waals surface area contributed by atoms with Crippen molar-refractivity contribution in [3.05, 3.63) is 82.5 Å². The minimum absolute atomic E-state index is 0.0385. The highest BCUT2D eigenvalue weighted by Gasteiger charge is 2.22. The second kappa shape index (κ2) is 13.1. The molecule has 18 heteroatoms. The summed E-state index contributed by atoms with van der Waals surface area (Å²) in [5, 5.41) is 25.0. The lowest BCUT2D eigenvalue weighted by molar-refractivity contribution is 0.0991. The number of carbonyl (C=O) groups excluding carboxylic acids is 4. The molecule has 262 valence electrons. The van der Waals surface area contributed by atoms with E-state index in [4.69, 9.17) is 16.2 Å². The number of nitrogens with zero attached hydrogens (tertiary/aromatic N) is 8. The van der Waals surface area contributed by atoms with E-state index in [1.54, 1.807) is 61.4 Å². The van der Waals surface area contributed by atoms with Crippen LogP contribution in [0.2, 0.25) is 0 Å². The quantitative estimate of drug-likeness (QED) is 0.124. The first kappa shape index (κ1) is 33.9. The van der Waals surface area contributed by atoms with Crippen molar-refractivity contribution in [1.82, 2.24) is 38.7 Å². The number of hydrogen-bond acceptors (Lipinski definition) is 10. The highest BCUT2D eigenvalue weighted by atomic mass is 16.5. The number of aryl methyl sites for hydroxylation is 4. The van der Waals surface area contributed by atoms with Crippen molar-refractivity contribution >= 4 is 57.6 Å². The molecular formula is C33H34N12O6. The van der Waals surface area contributed by atoms with Gasteiger partial charge >= 0.3 is 0 Å². The molecule has 6 aromatic rings. The fourth-order valence-corrected chi connectivity index (χ4v) is 5.80. The highest BCUT2D eigenvalue weighted by Crippen LogP contribution is 2.32. The monoisotopic (exact) mass is 694 g/mol. The van der Waals surface area contributed by atoms with Gasteiger partial charge in [0.05, 0.1) is 29.5 Å². The van der Waals surface area contributed by atoms with E-state index in [9.17, 15) is 24.3 Å². The van der Waals surface area contributed by atoms with Crippen molar-refractivity contribution < 1.29 is 29.0 Å². The highest BCUT2D eigenvalue weighted by molar-refractivity contribution is 6.05. The molecule has 0 aliphatic rings. The molecule has 2 aromatic carbocycles. The van der Waals surface area contributed by atoms with Crippen LogP contribution in [0.4, 0.5) is 11.9 Å². The number of nitrogens with one attached hydrogen (secondary N) is 2. The molecule has 0 spiro atoms. The minimum Gasteiger partial charge on any atom is -0.506 e. The van der Waals surface area contributed by atoms with E-state index >= 15 is 0 Å². The number of hydrogen-bond donors (Lipinski definition) is 5. The van der Waals surface area contributed by atoms with E-state index in [2.05, 4.69) is 30.8 Å². The Morgan fingerprint density at radius 3 is 1.63 bits per heavy atom. The predicted molar refractivity (Wildman–Crippen MR) is 186 cm³/mol. The molecule has 4 amide bonds. The molecule has 0 bridgehead atoms. The minimum atomic E-state index is -0.759. The maximum atomic E-state index is 13.3. The number of imidazole rings is 2. The van der Waals surface area contributed by atoms with Crippen LogP contribution in [0, 0.1) is 13.8 Å². The summed E-state index contributed by atoms with van der Waals surface area (Å²) in [6.45, 7) is 3.75. The molecule has 51 heavy (non-hydrogen) atoms. The maximum absolute atomic E-state index is 13.3. The van der Waals surface area contributed by atoms with Crippen molar-refractivity contribution in [3.8, 4) is 11.5 Å². The van der Waals surface area contributed by atoms with E-state index in [1.807, 2.05) is 0 Å². The van der Waals surface area contributed by atoms with Gasteiger partial charge in [-0.3, -0.25) is 39.2 Å². The summed E-state index contributed by atoms with van der Waals surface area (Å²) in [4.78, 5) is 59.6. The topological polar surface area (TPSA) is 245 Å². The molecular weight excluding hydrogens is 660 g/mol. The van der Waals surface area contributed by atoms with Crippen LogP contribution in [0.15, 0.2) is 48.6 Å². The SMILES string of the molecule is COc1cc(C(N)=O)cc2nc(NC(=O)c3cc(C)nn3C)n(C/C=C/Cn3c(NC(=O)c4cc(C)nn4C)nc4cc(C(N)=O)cc(O)c43)c12. The average molecular weight is 695 g/mol. The Morgan fingerprint density at radius 2 is 1.20 bits per heavy atom. The van der Waals surface area contributed by atoms with Crippen LogP contribution >= 0.6 is 0 Å². The van der Waals surface area contributed by atoms with E-state index in [0.29, 0.717) is 33.9 Å². The zero-order chi connectivity index (χ0) is 36.7. The second-order valence-electron chi connectivity index (χ2n) is 11.7. The van der Waals surface area contributed by atoms with Gasteiger partial charge in [-0.25, -0.2) is 9.97 Å². The smallest absolute Gasteiger partial charge is 0.276 e. The molecule has 4 heterocycles. The lowest BCUT2D eigenvalue weighted by Crippen LogP contribution is -2.19. The van der Waals surface area contributed by atoms with Gasteiger partial charge in [-0.15, -0.1) is 0 Å². The first-order chi connectivity index (χ1) is 24.2. The third-order valence-electron chi connectivity index (χ3n) is 8.08. The van der Waals surface area contributed by atoms with Gasteiger partial charge in [-0.2, -0.15) is 10.2 Å². The van der Waals surface area contributed by atoms with Crippen LogP contribution in [0.3, 0.4) is 0 Å². The largest absolute Gasteiger partial charge is 0.506 e. The first-order valence-electron chi connectivity index (χ1n) is 15.5. The summed E-state index contributed by atoms with van der Waals surface area (Å²) < 4.78 is 11.7. The van der Waals surface area contributed by atoms with E-state index in [-0.39, 0.29) is 58.6 Å². The number of aromatic nitrogens is 8. The van der Waals surface area contributed by atoms with Crippen molar-refractivity contribution in [2.75, 3.05) is 17.7 Å². The molecule has 0 radical (unpaired) electrons. The van der Waals surface area contributed by atoms with Crippen molar-refractivity contribution in [2.24, 2.45) is 25.6 Å². The molecule has 0 saturated heterocycles. The van der Waals surface area contributed by atoms with Crippen LogP contribution < -0.4 is 26.8 Å².